The molecule has 0 atom stereocenters. The number of nitrogens with two attached hydrogens (primary N) is 1. The van der Waals surface area contributed by atoms with Crippen molar-refractivity contribution in [3.63, 3.8) is 0 Å². The summed E-state index contributed by atoms with van der Waals surface area (Å²) >= 11 is 5.06. The molecule has 98 valence electrons. The van der Waals surface area contributed by atoms with Crippen LogP contribution in [-0.4, -0.2) is 24.7 Å². The first-order valence-electron chi connectivity index (χ1n) is 6.39. The fourth-order valence-corrected chi connectivity index (χ4v) is 1.98. The molecule has 0 spiro atoms. The molecule has 3 nitrogen and oxygen atoms in total. The topological polar surface area (TPSA) is 47.3 Å². The van der Waals surface area contributed by atoms with Crippen LogP contribution in [0.15, 0.2) is 18.2 Å². The van der Waals surface area contributed by atoms with E-state index in [1.54, 1.807) is 0 Å². The normalized spacial score (nSPS) is 14.5. The van der Waals surface area contributed by atoms with Crippen molar-refractivity contribution in [2.24, 2.45) is 11.7 Å². The van der Waals surface area contributed by atoms with E-state index in [2.05, 4.69) is 11.4 Å². The second-order valence-electron chi connectivity index (χ2n) is 4.86. The number of hydrogen-bond donors (Lipinski definition) is 2. The van der Waals surface area contributed by atoms with Crippen LogP contribution in [-0.2, 0) is 4.74 Å². The summed E-state index contributed by atoms with van der Waals surface area (Å²) in [4.78, 5) is 0.431. The smallest absolute Gasteiger partial charge is 0.106 e. The largest absolute Gasteiger partial charge is 0.389 e. The van der Waals surface area contributed by atoms with Crippen molar-refractivity contribution in [3.8, 4) is 0 Å². The van der Waals surface area contributed by atoms with Crippen molar-refractivity contribution < 1.29 is 4.74 Å². The Labute approximate surface area is 114 Å². The van der Waals surface area contributed by atoms with Crippen LogP contribution in [0.4, 0.5) is 5.69 Å². The fourth-order valence-electron chi connectivity index (χ4n) is 1.81. The van der Waals surface area contributed by atoms with Gasteiger partial charge in [-0.2, -0.15) is 0 Å². The zero-order valence-electron chi connectivity index (χ0n) is 10.7. The highest BCUT2D eigenvalue weighted by atomic mass is 32.1. The second kappa shape index (κ2) is 6.16. The molecule has 0 radical (unpaired) electrons. The number of thiocarbonyl (C=S) groups is 1. The highest BCUT2D eigenvalue weighted by molar-refractivity contribution is 7.80. The Morgan fingerprint density at radius 1 is 1.50 bits per heavy atom. The third-order valence-corrected chi connectivity index (χ3v) is 3.27. The van der Waals surface area contributed by atoms with Gasteiger partial charge in [0.05, 0.1) is 6.61 Å². The van der Waals surface area contributed by atoms with Gasteiger partial charge in [0.2, 0.25) is 0 Å². The van der Waals surface area contributed by atoms with E-state index in [1.165, 1.54) is 12.8 Å². The van der Waals surface area contributed by atoms with Gasteiger partial charge in [0.25, 0.3) is 0 Å². The number of aryl methyl sites for hydroxylation is 1. The number of rotatable bonds is 7. The van der Waals surface area contributed by atoms with Gasteiger partial charge in [-0.1, -0.05) is 23.8 Å². The lowest BCUT2D eigenvalue weighted by atomic mass is 10.1. The molecule has 0 amide bonds. The summed E-state index contributed by atoms with van der Waals surface area (Å²) in [7, 11) is 0. The van der Waals surface area contributed by atoms with E-state index in [9.17, 15) is 0 Å². The molecule has 0 aliphatic heterocycles. The van der Waals surface area contributed by atoms with Crippen molar-refractivity contribution in [1.29, 1.82) is 0 Å². The highest BCUT2D eigenvalue weighted by Crippen LogP contribution is 2.28. The van der Waals surface area contributed by atoms with Crippen LogP contribution < -0.4 is 11.1 Å². The van der Waals surface area contributed by atoms with Crippen LogP contribution in [0.2, 0.25) is 0 Å². The van der Waals surface area contributed by atoms with Crippen LogP contribution in [0, 0.1) is 12.8 Å². The van der Waals surface area contributed by atoms with Gasteiger partial charge in [0, 0.05) is 24.4 Å². The maximum atomic E-state index is 5.72. The molecule has 0 aromatic heterocycles. The molecule has 1 aliphatic carbocycles. The molecule has 0 saturated heterocycles. The molecule has 0 bridgehead atoms. The van der Waals surface area contributed by atoms with Gasteiger partial charge >= 0.3 is 0 Å². The van der Waals surface area contributed by atoms with Gasteiger partial charge in [-0.25, -0.2) is 0 Å². The first-order valence-corrected chi connectivity index (χ1v) is 6.79. The molecule has 1 aromatic carbocycles. The standard InChI is InChI=1S/C14H20N2OS/c1-10-2-5-13(12(8-10)14(15)18)16-6-7-17-9-11-3-4-11/h2,5,8,11,16H,3-4,6-7,9H2,1H3,(H2,15,18). The number of ether oxygens (including phenoxy) is 1. The monoisotopic (exact) mass is 264 g/mol. The zero-order chi connectivity index (χ0) is 13.0. The summed E-state index contributed by atoms with van der Waals surface area (Å²) in [6.45, 7) is 4.44. The average molecular weight is 264 g/mol. The number of anilines is 1. The lowest BCUT2D eigenvalue weighted by Gasteiger charge is -2.12. The minimum Gasteiger partial charge on any atom is -0.389 e. The summed E-state index contributed by atoms with van der Waals surface area (Å²) in [5.41, 5.74) is 8.78. The predicted octanol–water partition coefficient (Wildman–Crippen LogP) is 2.47. The van der Waals surface area contributed by atoms with Gasteiger partial charge in [-0.05, 0) is 37.8 Å². The van der Waals surface area contributed by atoms with Crippen LogP contribution in [0.1, 0.15) is 24.0 Å². The van der Waals surface area contributed by atoms with Crippen molar-refractivity contribution in [3.05, 3.63) is 29.3 Å². The van der Waals surface area contributed by atoms with Crippen molar-refractivity contribution in [2.45, 2.75) is 19.8 Å². The molecule has 0 unspecified atom stereocenters. The van der Waals surface area contributed by atoms with Gasteiger partial charge in [-0.3, -0.25) is 0 Å². The summed E-state index contributed by atoms with van der Waals surface area (Å²) in [6.07, 6.45) is 2.66. The summed E-state index contributed by atoms with van der Waals surface area (Å²) in [5, 5.41) is 3.32. The van der Waals surface area contributed by atoms with Crippen molar-refractivity contribution >= 4 is 22.9 Å². The minimum atomic E-state index is 0.431. The Kier molecular flexibility index (Phi) is 4.55. The second-order valence-corrected chi connectivity index (χ2v) is 5.30. The Morgan fingerprint density at radius 2 is 2.28 bits per heavy atom. The maximum Gasteiger partial charge on any atom is 0.106 e. The van der Waals surface area contributed by atoms with Crippen LogP contribution in [0.3, 0.4) is 0 Å². The Hall–Kier alpha value is -1.13. The maximum absolute atomic E-state index is 5.72. The lowest BCUT2D eigenvalue weighted by Crippen LogP contribution is -2.16. The molecule has 1 aliphatic rings. The Bertz CT molecular complexity index is 430. The molecule has 1 aromatic rings. The van der Waals surface area contributed by atoms with E-state index in [0.717, 1.165) is 42.5 Å². The van der Waals surface area contributed by atoms with Crippen LogP contribution >= 0.6 is 12.2 Å². The third kappa shape index (κ3) is 3.96. The molecule has 2 rings (SSSR count). The van der Waals surface area contributed by atoms with Gasteiger partial charge < -0.3 is 15.8 Å². The molecule has 4 heteroatoms. The molecule has 1 saturated carbocycles. The van der Waals surface area contributed by atoms with E-state index in [-0.39, 0.29) is 0 Å². The average Bonchev–Trinajstić information content (AvgIpc) is 3.14. The zero-order valence-corrected chi connectivity index (χ0v) is 11.6. The van der Waals surface area contributed by atoms with E-state index in [1.807, 2.05) is 19.1 Å². The molecular weight excluding hydrogens is 244 g/mol. The highest BCUT2D eigenvalue weighted by Gasteiger charge is 2.20. The van der Waals surface area contributed by atoms with E-state index in [0.29, 0.717) is 4.99 Å². The lowest BCUT2D eigenvalue weighted by molar-refractivity contribution is 0.134. The quantitative estimate of drug-likeness (QED) is 0.587. The summed E-state index contributed by atoms with van der Waals surface area (Å²) in [5.74, 6) is 0.816. The van der Waals surface area contributed by atoms with Gasteiger partial charge in [0.1, 0.15) is 4.99 Å². The van der Waals surface area contributed by atoms with E-state index >= 15 is 0 Å². The molecule has 0 heterocycles. The fraction of sp³-hybridized carbons (Fsp3) is 0.500. The predicted molar refractivity (Wildman–Crippen MR) is 79.1 cm³/mol. The third-order valence-electron chi connectivity index (χ3n) is 3.05. The summed E-state index contributed by atoms with van der Waals surface area (Å²) < 4.78 is 5.58. The first kappa shape index (κ1) is 13.3. The number of nitrogens with one attached hydrogen (secondary N) is 1. The van der Waals surface area contributed by atoms with Crippen LogP contribution in [0.25, 0.3) is 0 Å². The van der Waals surface area contributed by atoms with E-state index < -0.39 is 0 Å². The van der Waals surface area contributed by atoms with Gasteiger partial charge in [-0.15, -0.1) is 0 Å². The Morgan fingerprint density at radius 3 is 2.94 bits per heavy atom. The molecule has 1 fully saturated rings. The molecule has 3 N–H and O–H groups in total. The van der Waals surface area contributed by atoms with Crippen molar-refractivity contribution in [2.75, 3.05) is 25.1 Å². The number of benzene rings is 1. The Balaban J connectivity index is 1.81. The number of hydrogen-bond acceptors (Lipinski definition) is 3. The first-order chi connectivity index (χ1) is 8.66. The van der Waals surface area contributed by atoms with E-state index in [4.69, 9.17) is 22.7 Å². The minimum absolute atomic E-state index is 0.431. The molecule has 18 heavy (non-hydrogen) atoms. The van der Waals surface area contributed by atoms with Crippen molar-refractivity contribution in [1.82, 2.24) is 0 Å². The van der Waals surface area contributed by atoms with Crippen LogP contribution in [0.5, 0.6) is 0 Å². The SMILES string of the molecule is Cc1ccc(NCCOCC2CC2)c(C(N)=S)c1. The molecular formula is C14H20N2OS. The van der Waals surface area contributed by atoms with Gasteiger partial charge in [0.15, 0.2) is 0 Å². The summed E-state index contributed by atoms with van der Waals surface area (Å²) in [6, 6.07) is 6.08.